The number of halogens is 1. The molecule has 0 unspecified atom stereocenters. The van der Waals surface area contributed by atoms with Crippen molar-refractivity contribution >= 4 is 23.6 Å². The molecule has 0 bridgehead atoms. The van der Waals surface area contributed by atoms with E-state index in [1.807, 2.05) is 0 Å². The maximum atomic E-state index is 13.9. The lowest BCUT2D eigenvalue weighted by atomic mass is 10.1. The Morgan fingerprint density at radius 2 is 2.10 bits per heavy atom. The Kier molecular flexibility index (Phi) is 4.18. The second-order valence-electron chi connectivity index (χ2n) is 4.26. The van der Waals surface area contributed by atoms with Gasteiger partial charge in [0.25, 0.3) is 5.91 Å². The van der Waals surface area contributed by atoms with Crippen LogP contribution in [-0.4, -0.2) is 17.0 Å². The third-order valence-corrected chi connectivity index (χ3v) is 2.76. The number of furan rings is 1. The Morgan fingerprint density at radius 3 is 2.67 bits per heavy atom. The lowest BCUT2D eigenvalue weighted by molar-refractivity contribution is -0.131. The van der Waals surface area contributed by atoms with E-state index in [0.717, 1.165) is 12.1 Å². The average molecular weight is 289 g/mol. The molecule has 21 heavy (non-hydrogen) atoms. The topological polar surface area (TPSA) is 79.5 Å². The van der Waals surface area contributed by atoms with Gasteiger partial charge in [-0.1, -0.05) is 6.07 Å². The van der Waals surface area contributed by atoms with Crippen molar-refractivity contribution in [3.05, 3.63) is 59.3 Å². The molecule has 0 aliphatic carbocycles. The van der Waals surface area contributed by atoms with E-state index in [1.54, 1.807) is 6.92 Å². The normalized spacial score (nSPS) is 10.8. The van der Waals surface area contributed by atoms with Crippen molar-refractivity contribution < 1.29 is 23.5 Å². The molecule has 1 aromatic carbocycles. The lowest BCUT2D eigenvalue weighted by Gasteiger charge is -2.06. The quantitative estimate of drug-likeness (QED) is 0.848. The number of benzene rings is 1. The van der Waals surface area contributed by atoms with E-state index in [9.17, 15) is 14.0 Å². The predicted molar refractivity (Wildman–Crippen MR) is 74.5 cm³/mol. The number of carbonyl (C=O) groups is 2. The summed E-state index contributed by atoms with van der Waals surface area (Å²) in [7, 11) is 0. The van der Waals surface area contributed by atoms with E-state index in [4.69, 9.17) is 9.52 Å². The van der Waals surface area contributed by atoms with Gasteiger partial charge in [0, 0.05) is 6.08 Å². The molecule has 0 saturated carbocycles. The molecule has 2 rings (SSSR count). The number of amides is 1. The zero-order valence-corrected chi connectivity index (χ0v) is 11.1. The summed E-state index contributed by atoms with van der Waals surface area (Å²) in [6.45, 7) is 1.63. The van der Waals surface area contributed by atoms with E-state index < -0.39 is 17.7 Å². The second-order valence-corrected chi connectivity index (χ2v) is 4.26. The summed E-state index contributed by atoms with van der Waals surface area (Å²) < 4.78 is 18.9. The van der Waals surface area contributed by atoms with Crippen molar-refractivity contribution in [2.45, 2.75) is 6.92 Å². The highest BCUT2D eigenvalue weighted by Gasteiger charge is 2.13. The molecule has 1 aromatic heterocycles. The fourth-order valence-corrected chi connectivity index (χ4v) is 1.71. The first kappa shape index (κ1) is 14.5. The van der Waals surface area contributed by atoms with Gasteiger partial charge < -0.3 is 14.8 Å². The van der Waals surface area contributed by atoms with E-state index in [1.165, 1.54) is 30.5 Å². The summed E-state index contributed by atoms with van der Waals surface area (Å²) >= 11 is 0. The monoisotopic (exact) mass is 289 g/mol. The third-order valence-electron chi connectivity index (χ3n) is 2.76. The number of carbonyl (C=O) groups excluding carboxylic acids is 1. The summed E-state index contributed by atoms with van der Waals surface area (Å²) in [4.78, 5) is 22.3. The summed E-state index contributed by atoms with van der Waals surface area (Å²) in [5.41, 5.74) is 0.713. The highest BCUT2D eigenvalue weighted by atomic mass is 19.1. The zero-order valence-electron chi connectivity index (χ0n) is 11.1. The van der Waals surface area contributed by atoms with Gasteiger partial charge in [0.05, 0.1) is 17.5 Å². The van der Waals surface area contributed by atoms with Crippen LogP contribution in [0.1, 0.15) is 21.7 Å². The van der Waals surface area contributed by atoms with Crippen molar-refractivity contribution in [3.8, 4) is 0 Å². The Hall–Kier alpha value is -2.89. The van der Waals surface area contributed by atoms with Gasteiger partial charge in [0.1, 0.15) is 11.6 Å². The number of carboxylic acid groups (broad SMARTS) is 1. The molecule has 0 aliphatic rings. The van der Waals surface area contributed by atoms with E-state index in [2.05, 4.69) is 5.32 Å². The van der Waals surface area contributed by atoms with Crippen LogP contribution >= 0.6 is 0 Å². The van der Waals surface area contributed by atoms with Crippen LogP contribution < -0.4 is 5.32 Å². The zero-order chi connectivity index (χ0) is 15.4. The highest BCUT2D eigenvalue weighted by Crippen LogP contribution is 2.19. The number of aryl methyl sites for hydroxylation is 1. The van der Waals surface area contributed by atoms with E-state index >= 15 is 0 Å². The molecule has 0 fully saturated rings. The van der Waals surface area contributed by atoms with Crippen molar-refractivity contribution in [2.24, 2.45) is 0 Å². The van der Waals surface area contributed by atoms with Gasteiger partial charge in [0.15, 0.2) is 0 Å². The van der Waals surface area contributed by atoms with Crippen molar-refractivity contribution in [2.75, 3.05) is 5.32 Å². The Balaban J connectivity index is 2.16. The maximum Gasteiger partial charge on any atom is 0.328 e. The molecular formula is C15H12FNO4. The molecule has 5 nitrogen and oxygen atoms in total. The van der Waals surface area contributed by atoms with E-state index in [0.29, 0.717) is 16.9 Å². The van der Waals surface area contributed by atoms with E-state index in [-0.39, 0.29) is 5.69 Å². The number of hydrogen-bond donors (Lipinski definition) is 2. The molecular weight excluding hydrogens is 277 g/mol. The van der Waals surface area contributed by atoms with Crippen LogP contribution in [-0.2, 0) is 4.79 Å². The van der Waals surface area contributed by atoms with Gasteiger partial charge >= 0.3 is 5.97 Å². The molecule has 1 heterocycles. The van der Waals surface area contributed by atoms with Crippen LogP contribution in [0.25, 0.3) is 6.08 Å². The minimum atomic E-state index is -1.12. The fourth-order valence-electron chi connectivity index (χ4n) is 1.71. The molecule has 2 N–H and O–H groups in total. The molecule has 6 heteroatoms. The minimum Gasteiger partial charge on any atom is -0.478 e. The Bertz CT molecular complexity index is 718. The van der Waals surface area contributed by atoms with Crippen LogP contribution in [0.3, 0.4) is 0 Å². The van der Waals surface area contributed by atoms with Crippen LogP contribution in [0.15, 0.2) is 41.0 Å². The van der Waals surface area contributed by atoms with Crippen LogP contribution in [0.4, 0.5) is 10.1 Å². The third kappa shape index (κ3) is 3.56. The number of aliphatic carboxylic acids is 1. The summed E-state index contributed by atoms with van der Waals surface area (Å²) in [6.07, 6.45) is 3.54. The lowest BCUT2D eigenvalue weighted by Crippen LogP contribution is -2.13. The molecule has 0 saturated heterocycles. The number of hydrogen-bond acceptors (Lipinski definition) is 3. The number of rotatable bonds is 4. The predicted octanol–water partition coefficient (Wildman–Crippen LogP) is 3.08. The Labute approximate surface area is 119 Å². The average Bonchev–Trinajstić information content (AvgIpc) is 2.85. The van der Waals surface area contributed by atoms with Gasteiger partial charge in [-0.2, -0.15) is 0 Å². The summed E-state index contributed by atoms with van der Waals surface area (Å²) in [5, 5.41) is 10.9. The van der Waals surface area contributed by atoms with Crippen LogP contribution in [0, 0.1) is 12.7 Å². The molecule has 2 aromatic rings. The van der Waals surface area contributed by atoms with Gasteiger partial charge in [-0.05, 0) is 36.8 Å². The number of nitrogens with one attached hydrogen (secondary N) is 1. The van der Waals surface area contributed by atoms with Crippen LogP contribution in [0.2, 0.25) is 0 Å². The Morgan fingerprint density at radius 1 is 1.33 bits per heavy atom. The summed E-state index contributed by atoms with van der Waals surface area (Å²) in [5.74, 6) is -1.82. The second kappa shape index (κ2) is 6.04. The molecule has 0 radical (unpaired) electrons. The fraction of sp³-hybridized carbons (Fsp3) is 0.0667. The molecule has 1 amide bonds. The molecule has 0 aliphatic heterocycles. The summed E-state index contributed by atoms with van der Waals surface area (Å²) in [6, 6.07) is 5.49. The van der Waals surface area contributed by atoms with Crippen molar-refractivity contribution in [3.63, 3.8) is 0 Å². The molecule has 0 atom stereocenters. The maximum absolute atomic E-state index is 13.9. The van der Waals surface area contributed by atoms with Gasteiger partial charge in [-0.15, -0.1) is 0 Å². The van der Waals surface area contributed by atoms with Gasteiger partial charge in [0.2, 0.25) is 0 Å². The standard InChI is InChI=1S/C15H12FNO4/c1-9-11(6-7-21-9)15(20)17-13-4-2-10(8-12(13)16)3-5-14(18)19/h2-8H,1H3,(H,17,20)(H,18,19). The van der Waals surface area contributed by atoms with Crippen LogP contribution in [0.5, 0.6) is 0 Å². The number of anilines is 1. The minimum absolute atomic E-state index is 0.00748. The molecule has 108 valence electrons. The SMILES string of the molecule is Cc1occc1C(=O)Nc1ccc(C=CC(=O)O)cc1F. The first-order valence-electron chi connectivity index (χ1n) is 6.03. The van der Waals surface area contributed by atoms with Crippen molar-refractivity contribution in [1.29, 1.82) is 0 Å². The highest BCUT2D eigenvalue weighted by molar-refractivity contribution is 6.05. The van der Waals surface area contributed by atoms with Gasteiger partial charge in [-0.25, -0.2) is 9.18 Å². The first-order chi connectivity index (χ1) is 9.97. The first-order valence-corrected chi connectivity index (χ1v) is 6.03. The largest absolute Gasteiger partial charge is 0.478 e. The number of carboxylic acids is 1. The molecule has 0 spiro atoms. The smallest absolute Gasteiger partial charge is 0.328 e. The van der Waals surface area contributed by atoms with Crippen molar-refractivity contribution in [1.82, 2.24) is 0 Å². The van der Waals surface area contributed by atoms with Gasteiger partial charge in [-0.3, -0.25) is 4.79 Å².